The van der Waals surface area contributed by atoms with Crippen molar-refractivity contribution in [3.05, 3.63) is 61.7 Å². The molecule has 0 bridgehead atoms. The summed E-state index contributed by atoms with van der Waals surface area (Å²) in [5.74, 6) is 0. The average molecular weight is 493 g/mol. The summed E-state index contributed by atoms with van der Waals surface area (Å²) in [6.07, 6.45) is 5.33. The second-order valence-corrected chi connectivity index (χ2v) is 9.28. The Hall–Kier alpha value is -1.33. The van der Waals surface area contributed by atoms with E-state index in [2.05, 4.69) is 97.4 Å². The Bertz CT molecular complexity index is 928. The first kappa shape index (κ1) is 20.4. The zero-order chi connectivity index (χ0) is 19.8. The molecule has 0 radical (unpaired) electrons. The molecule has 0 aliphatic carbocycles. The highest BCUT2D eigenvalue weighted by atomic mass is 127. The van der Waals surface area contributed by atoms with Crippen LogP contribution >= 0.6 is 34.2 Å². The van der Waals surface area contributed by atoms with Gasteiger partial charge >= 0.3 is 0 Å². The number of rotatable bonds is 4. The van der Waals surface area contributed by atoms with Crippen molar-refractivity contribution < 1.29 is 0 Å². The van der Waals surface area contributed by atoms with Gasteiger partial charge in [0.2, 0.25) is 0 Å². The maximum absolute atomic E-state index is 6.65. The second-order valence-electron chi connectivity index (χ2n) is 7.72. The normalized spacial score (nSPS) is 15.8. The van der Waals surface area contributed by atoms with Crippen LogP contribution in [0.5, 0.6) is 0 Å². The Balaban J connectivity index is 2.02. The van der Waals surface area contributed by atoms with Crippen LogP contribution in [-0.2, 0) is 0 Å². The third-order valence-electron chi connectivity index (χ3n) is 5.04. The third-order valence-corrected chi connectivity index (χ3v) is 6.58. The molecule has 0 unspecified atom stereocenters. The first-order valence-electron chi connectivity index (χ1n) is 9.34. The van der Waals surface area contributed by atoms with Crippen molar-refractivity contribution >= 4 is 57.4 Å². The summed E-state index contributed by atoms with van der Waals surface area (Å²) in [5, 5.41) is 0.742. The van der Waals surface area contributed by atoms with Gasteiger partial charge in [0.05, 0.1) is 16.2 Å². The van der Waals surface area contributed by atoms with Crippen LogP contribution in [0.25, 0.3) is 5.57 Å². The van der Waals surface area contributed by atoms with Gasteiger partial charge < -0.3 is 4.90 Å². The Morgan fingerprint density at radius 3 is 2.59 bits per heavy atom. The van der Waals surface area contributed by atoms with Crippen LogP contribution in [0.4, 0.5) is 11.4 Å². The first-order valence-corrected chi connectivity index (χ1v) is 10.8. The van der Waals surface area contributed by atoms with Crippen LogP contribution in [0.2, 0.25) is 5.02 Å². The van der Waals surface area contributed by atoms with Gasteiger partial charge in [-0.1, -0.05) is 24.6 Å². The highest BCUT2D eigenvalue weighted by Crippen LogP contribution is 2.41. The number of benzene rings is 2. The molecule has 0 aromatic heterocycles. The number of allylic oxidation sites excluding steroid dienone is 1. The third kappa shape index (κ3) is 4.24. The van der Waals surface area contributed by atoms with Gasteiger partial charge in [0.15, 0.2) is 0 Å². The molecule has 1 aliphatic rings. The predicted molar refractivity (Wildman–Crippen MR) is 128 cm³/mol. The standard InChI is InChI=1S/C23H26ClIN2/c1-6-9-27-22-12-20(24)17(11-19(22)16(3)13-23(27,4)5)14-26-18-7-8-21(25)15(2)10-18/h7-8,10-14H,6,9H2,1-5H3. The lowest BCUT2D eigenvalue weighted by Gasteiger charge is -2.43. The number of anilines is 1. The summed E-state index contributed by atoms with van der Waals surface area (Å²) in [6, 6.07) is 10.5. The number of aliphatic imine (C=N–C) groups is 1. The van der Waals surface area contributed by atoms with Crippen LogP contribution in [0.15, 0.2) is 41.4 Å². The van der Waals surface area contributed by atoms with Gasteiger partial charge in [-0.15, -0.1) is 0 Å². The van der Waals surface area contributed by atoms with Crippen molar-refractivity contribution in [2.75, 3.05) is 11.4 Å². The SMILES string of the molecule is CCCN1c2cc(Cl)c(C=Nc3ccc(I)c(C)c3)cc2C(C)=CC1(C)C. The molecule has 0 amide bonds. The quantitative estimate of drug-likeness (QED) is 0.320. The lowest BCUT2D eigenvalue weighted by atomic mass is 9.88. The summed E-state index contributed by atoms with van der Waals surface area (Å²) >= 11 is 8.99. The van der Waals surface area contributed by atoms with E-state index in [-0.39, 0.29) is 5.54 Å². The molecule has 1 aliphatic heterocycles. The molecule has 142 valence electrons. The van der Waals surface area contributed by atoms with E-state index in [9.17, 15) is 0 Å². The van der Waals surface area contributed by atoms with Crippen LogP contribution in [0.1, 0.15) is 50.8 Å². The van der Waals surface area contributed by atoms with Crippen molar-refractivity contribution in [3.63, 3.8) is 0 Å². The molecule has 1 heterocycles. The molecule has 3 rings (SSSR count). The molecule has 0 N–H and O–H groups in total. The molecular formula is C23H26ClIN2. The molecule has 0 atom stereocenters. The van der Waals surface area contributed by atoms with E-state index < -0.39 is 0 Å². The molecule has 0 fully saturated rings. The van der Waals surface area contributed by atoms with Gasteiger partial charge in [0.25, 0.3) is 0 Å². The molecule has 0 saturated heterocycles. The van der Waals surface area contributed by atoms with Crippen molar-refractivity contribution in [2.24, 2.45) is 4.99 Å². The van der Waals surface area contributed by atoms with Gasteiger partial charge in [-0.2, -0.15) is 0 Å². The number of fused-ring (bicyclic) bond motifs is 1. The fourth-order valence-corrected chi connectivity index (χ4v) is 4.24. The van der Waals surface area contributed by atoms with Crippen molar-refractivity contribution in [1.29, 1.82) is 0 Å². The van der Waals surface area contributed by atoms with Crippen molar-refractivity contribution in [3.8, 4) is 0 Å². The maximum atomic E-state index is 6.65. The Morgan fingerprint density at radius 2 is 1.93 bits per heavy atom. The zero-order valence-electron chi connectivity index (χ0n) is 16.6. The smallest absolute Gasteiger partial charge is 0.0633 e. The number of hydrogen-bond acceptors (Lipinski definition) is 2. The highest BCUT2D eigenvalue weighted by Gasteiger charge is 2.31. The summed E-state index contributed by atoms with van der Waals surface area (Å²) in [5.41, 5.74) is 6.88. The molecule has 2 aromatic carbocycles. The monoisotopic (exact) mass is 492 g/mol. The molecular weight excluding hydrogens is 467 g/mol. The first-order chi connectivity index (χ1) is 12.7. The van der Waals surface area contributed by atoms with Crippen LogP contribution in [-0.4, -0.2) is 18.3 Å². The minimum atomic E-state index is -0.00919. The Kier molecular flexibility index (Phi) is 6.02. The topological polar surface area (TPSA) is 15.6 Å². The molecule has 0 spiro atoms. The summed E-state index contributed by atoms with van der Waals surface area (Å²) < 4.78 is 1.25. The Morgan fingerprint density at radius 1 is 1.19 bits per heavy atom. The van der Waals surface area contributed by atoms with E-state index in [0.717, 1.165) is 29.2 Å². The predicted octanol–water partition coefficient (Wildman–Crippen LogP) is 7.42. The average Bonchev–Trinajstić information content (AvgIpc) is 2.59. The molecule has 4 heteroatoms. The van der Waals surface area contributed by atoms with E-state index in [4.69, 9.17) is 11.6 Å². The number of nitrogens with zero attached hydrogens (tertiary/aromatic N) is 2. The Labute approximate surface area is 181 Å². The second kappa shape index (κ2) is 7.96. The molecule has 27 heavy (non-hydrogen) atoms. The van der Waals surface area contributed by atoms with E-state index >= 15 is 0 Å². The van der Waals surface area contributed by atoms with E-state index in [1.54, 1.807) is 0 Å². The highest BCUT2D eigenvalue weighted by molar-refractivity contribution is 14.1. The minimum absolute atomic E-state index is 0.00919. The van der Waals surface area contributed by atoms with Crippen molar-refractivity contribution in [1.82, 2.24) is 0 Å². The number of hydrogen-bond donors (Lipinski definition) is 0. The number of halogens is 2. The minimum Gasteiger partial charge on any atom is -0.362 e. The van der Waals surface area contributed by atoms with Crippen LogP contribution in [0.3, 0.4) is 0 Å². The lowest BCUT2D eigenvalue weighted by molar-refractivity contribution is 0.550. The van der Waals surface area contributed by atoms with Gasteiger partial charge in [-0.3, -0.25) is 4.99 Å². The summed E-state index contributed by atoms with van der Waals surface area (Å²) in [6.45, 7) is 12.0. The van der Waals surface area contributed by atoms with Crippen LogP contribution < -0.4 is 4.90 Å². The van der Waals surface area contributed by atoms with Gasteiger partial charge in [-0.05, 0) is 98.2 Å². The van der Waals surface area contributed by atoms with Gasteiger partial charge in [0, 0.05) is 33.1 Å². The summed E-state index contributed by atoms with van der Waals surface area (Å²) in [4.78, 5) is 7.10. The largest absolute Gasteiger partial charge is 0.362 e. The van der Waals surface area contributed by atoms with Gasteiger partial charge in [0.1, 0.15) is 0 Å². The molecule has 0 saturated carbocycles. The maximum Gasteiger partial charge on any atom is 0.0633 e. The summed E-state index contributed by atoms with van der Waals surface area (Å²) in [7, 11) is 0. The molecule has 2 aromatic rings. The lowest BCUT2D eigenvalue weighted by Crippen LogP contribution is -2.45. The van der Waals surface area contributed by atoms with Crippen molar-refractivity contribution in [2.45, 2.75) is 46.6 Å². The molecule has 2 nitrogen and oxygen atoms in total. The fourth-order valence-electron chi connectivity index (χ4n) is 3.70. The van der Waals surface area contributed by atoms with E-state index in [1.165, 1.54) is 26.0 Å². The zero-order valence-corrected chi connectivity index (χ0v) is 19.5. The van der Waals surface area contributed by atoms with Crippen LogP contribution in [0, 0.1) is 10.5 Å². The fraction of sp³-hybridized carbons (Fsp3) is 0.348. The number of aryl methyl sites for hydroxylation is 1. The van der Waals surface area contributed by atoms with E-state index in [1.807, 2.05) is 12.3 Å². The van der Waals surface area contributed by atoms with E-state index in [0.29, 0.717) is 0 Å². The van der Waals surface area contributed by atoms with Gasteiger partial charge in [-0.25, -0.2) is 0 Å².